The van der Waals surface area contributed by atoms with Crippen molar-refractivity contribution in [2.24, 2.45) is 0 Å². The number of nitrogens with zero attached hydrogens (tertiary/aromatic N) is 4. The highest BCUT2D eigenvalue weighted by Gasteiger charge is 2.32. The van der Waals surface area contributed by atoms with Gasteiger partial charge in [0.2, 0.25) is 5.13 Å². The van der Waals surface area contributed by atoms with Crippen LogP contribution in [0.2, 0.25) is 0 Å². The van der Waals surface area contributed by atoms with Crippen LogP contribution in [0.3, 0.4) is 0 Å². The molecule has 0 spiro atoms. The number of rotatable bonds is 3. The molecule has 1 fully saturated rings. The Hall–Kier alpha value is -2.67. The standard InChI is InChI=1S/C19H18N4O2S/c1-2-9-20-14(6-1)18-21-22-19(26-18)23-10-4-7-15(23)13-5-3-8-16-17(13)25-12-11-24-16/h1-3,5-6,8-9,15H,4,7,10-12H2. The van der Waals surface area contributed by atoms with Crippen molar-refractivity contribution in [1.82, 2.24) is 15.2 Å². The van der Waals surface area contributed by atoms with Crippen LogP contribution in [0.1, 0.15) is 24.4 Å². The van der Waals surface area contributed by atoms with E-state index in [1.165, 1.54) is 5.56 Å². The maximum Gasteiger partial charge on any atom is 0.209 e. The van der Waals surface area contributed by atoms with E-state index in [1.54, 1.807) is 17.5 Å². The van der Waals surface area contributed by atoms with Gasteiger partial charge in [-0.05, 0) is 31.0 Å². The molecule has 1 saturated heterocycles. The molecule has 1 atom stereocenters. The van der Waals surface area contributed by atoms with E-state index in [-0.39, 0.29) is 6.04 Å². The van der Waals surface area contributed by atoms with Crippen molar-refractivity contribution in [2.45, 2.75) is 18.9 Å². The number of pyridine rings is 1. The Morgan fingerprint density at radius 2 is 2.00 bits per heavy atom. The number of aromatic nitrogens is 3. The Morgan fingerprint density at radius 1 is 1.04 bits per heavy atom. The quantitative estimate of drug-likeness (QED) is 0.704. The Labute approximate surface area is 155 Å². The fourth-order valence-corrected chi connectivity index (χ4v) is 4.50. The smallest absolute Gasteiger partial charge is 0.209 e. The third-order valence-corrected chi connectivity index (χ3v) is 5.74. The average molecular weight is 366 g/mol. The molecule has 2 aliphatic rings. The summed E-state index contributed by atoms with van der Waals surface area (Å²) in [4.78, 5) is 6.71. The summed E-state index contributed by atoms with van der Waals surface area (Å²) in [5, 5.41) is 10.6. The number of fused-ring (bicyclic) bond motifs is 1. The maximum absolute atomic E-state index is 5.93. The van der Waals surface area contributed by atoms with Crippen molar-refractivity contribution >= 4 is 16.5 Å². The summed E-state index contributed by atoms with van der Waals surface area (Å²) in [6, 6.07) is 12.2. The van der Waals surface area contributed by atoms with E-state index in [1.807, 2.05) is 30.3 Å². The second-order valence-corrected chi connectivity index (χ2v) is 7.28. The zero-order valence-corrected chi connectivity index (χ0v) is 15.0. The monoisotopic (exact) mass is 366 g/mol. The van der Waals surface area contributed by atoms with E-state index in [4.69, 9.17) is 9.47 Å². The number of hydrogen-bond donors (Lipinski definition) is 0. The summed E-state index contributed by atoms with van der Waals surface area (Å²) in [6.45, 7) is 2.17. The lowest BCUT2D eigenvalue weighted by Crippen LogP contribution is -2.24. The van der Waals surface area contributed by atoms with Gasteiger partial charge < -0.3 is 14.4 Å². The van der Waals surface area contributed by atoms with Gasteiger partial charge in [0.1, 0.15) is 18.9 Å². The molecule has 3 aromatic rings. The summed E-state index contributed by atoms with van der Waals surface area (Å²) in [5.74, 6) is 1.72. The molecular weight excluding hydrogens is 348 g/mol. The Balaban J connectivity index is 1.48. The van der Waals surface area contributed by atoms with E-state index < -0.39 is 0 Å². The van der Waals surface area contributed by atoms with Crippen LogP contribution in [0.25, 0.3) is 10.7 Å². The van der Waals surface area contributed by atoms with Crippen molar-refractivity contribution in [3.8, 4) is 22.2 Å². The third kappa shape index (κ3) is 2.68. The van der Waals surface area contributed by atoms with Gasteiger partial charge in [0, 0.05) is 18.3 Å². The Kier molecular flexibility index (Phi) is 3.93. The molecule has 0 N–H and O–H groups in total. The highest BCUT2D eigenvalue weighted by Crippen LogP contribution is 2.45. The van der Waals surface area contributed by atoms with E-state index in [9.17, 15) is 0 Å². The number of benzene rings is 1. The first-order valence-electron chi connectivity index (χ1n) is 8.80. The molecule has 1 aromatic carbocycles. The molecule has 2 aromatic heterocycles. The van der Waals surface area contributed by atoms with Crippen LogP contribution in [0, 0.1) is 0 Å². The number of para-hydroxylation sites is 1. The molecule has 2 aliphatic heterocycles. The topological polar surface area (TPSA) is 60.4 Å². The number of anilines is 1. The van der Waals surface area contributed by atoms with E-state index in [0.29, 0.717) is 13.2 Å². The Morgan fingerprint density at radius 3 is 2.92 bits per heavy atom. The van der Waals surface area contributed by atoms with Gasteiger partial charge in [0.05, 0.1) is 6.04 Å². The summed E-state index contributed by atoms with van der Waals surface area (Å²) >= 11 is 1.59. The third-order valence-electron chi connectivity index (χ3n) is 4.75. The minimum atomic E-state index is 0.233. The minimum absolute atomic E-state index is 0.233. The van der Waals surface area contributed by atoms with Crippen molar-refractivity contribution in [2.75, 3.05) is 24.7 Å². The van der Waals surface area contributed by atoms with Gasteiger partial charge in [-0.25, -0.2) is 0 Å². The van der Waals surface area contributed by atoms with E-state index in [2.05, 4.69) is 26.1 Å². The average Bonchev–Trinajstić information content (AvgIpc) is 3.37. The van der Waals surface area contributed by atoms with Crippen LogP contribution in [0.4, 0.5) is 5.13 Å². The van der Waals surface area contributed by atoms with Crippen LogP contribution in [0.15, 0.2) is 42.6 Å². The highest BCUT2D eigenvalue weighted by molar-refractivity contribution is 7.18. The first-order valence-corrected chi connectivity index (χ1v) is 9.62. The molecule has 4 heterocycles. The van der Waals surface area contributed by atoms with Gasteiger partial charge >= 0.3 is 0 Å². The minimum Gasteiger partial charge on any atom is -0.486 e. The lowest BCUT2D eigenvalue weighted by molar-refractivity contribution is 0.169. The zero-order chi connectivity index (χ0) is 17.3. The molecule has 1 unspecified atom stereocenters. The highest BCUT2D eigenvalue weighted by atomic mass is 32.1. The predicted octanol–water partition coefficient (Wildman–Crippen LogP) is 3.71. The second kappa shape index (κ2) is 6.57. The fraction of sp³-hybridized carbons (Fsp3) is 0.316. The lowest BCUT2D eigenvalue weighted by Gasteiger charge is -2.28. The van der Waals surface area contributed by atoms with Gasteiger partial charge in [-0.2, -0.15) is 0 Å². The van der Waals surface area contributed by atoms with Crippen molar-refractivity contribution < 1.29 is 9.47 Å². The van der Waals surface area contributed by atoms with Crippen molar-refractivity contribution in [1.29, 1.82) is 0 Å². The van der Waals surface area contributed by atoms with Crippen LogP contribution in [-0.4, -0.2) is 34.9 Å². The Bertz CT molecular complexity index is 915. The van der Waals surface area contributed by atoms with E-state index in [0.717, 1.165) is 46.7 Å². The number of ether oxygens (including phenoxy) is 2. The first kappa shape index (κ1) is 15.6. The van der Waals surface area contributed by atoms with E-state index >= 15 is 0 Å². The van der Waals surface area contributed by atoms with Gasteiger partial charge in [0.25, 0.3) is 0 Å². The van der Waals surface area contributed by atoms with Gasteiger partial charge in [0.15, 0.2) is 16.5 Å². The van der Waals surface area contributed by atoms with Crippen molar-refractivity contribution in [3.05, 3.63) is 48.2 Å². The molecule has 0 radical (unpaired) electrons. The van der Waals surface area contributed by atoms with Crippen LogP contribution >= 0.6 is 11.3 Å². The molecule has 0 saturated carbocycles. The van der Waals surface area contributed by atoms with Gasteiger partial charge in [-0.1, -0.05) is 29.5 Å². The zero-order valence-electron chi connectivity index (χ0n) is 14.2. The predicted molar refractivity (Wildman–Crippen MR) is 99.9 cm³/mol. The summed E-state index contributed by atoms with van der Waals surface area (Å²) < 4.78 is 11.7. The normalized spacial score (nSPS) is 18.9. The molecular formula is C19H18N4O2S. The molecule has 6 nitrogen and oxygen atoms in total. The summed E-state index contributed by atoms with van der Waals surface area (Å²) in [5.41, 5.74) is 2.04. The van der Waals surface area contributed by atoms with Crippen molar-refractivity contribution in [3.63, 3.8) is 0 Å². The maximum atomic E-state index is 5.93. The van der Waals surface area contributed by atoms with Gasteiger partial charge in [-0.15, -0.1) is 10.2 Å². The fourth-order valence-electron chi connectivity index (χ4n) is 3.60. The van der Waals surface area contributed by atoms with Crippen LogP contribution < -0.4 is 14.4 Å². The molecule has 0 amide bonds. The summed E-state index contributed by atoms with van der Waals surface area (Å²) in [7, 11) is 0. The first-order chi connectivity index (χ1) is 12.9. The van der Waals surface area contributed by atoms with Crippen LogP contribution in [-0.2, 0) is 0 Å². The molecule has 0 bridgehead atoms. The second-order valence-electron chi connectivity index (χ2n) is 6.33. The lowest BCUT2D eigenvalue weighted by atomic mass is 10.0. The molecule has 7 heteroatoms. The number of hydrogen-bond acceptors (Lipinski definition) is 7. The largest absolute Gasteiger partial charge is 0.486 e. The van der Waals surface area contributed by atoms with Gasteiger partial charge in [-0.3, -0.25) is 4.98 Å². The molecule has 132 valence electrons. The molecule has 5 rings (SSSR count). The molecule has 26 heavy (non-hydrogen) atoms. The van der Waals surface area contributed by atoms with Crippen LogP contribution in [0.5, 0.6) is 11.5 Å². The SMILES string of the molecule is c1ccc(-c2nnc(N3CCCC3c3cccc4c3OCCO4)s2)nc1. The summed E-state index contributed by atoms with van der Waals surface area (Å²) in [6.07, 6.45) is 3.97. The molecule has 0 aliphatic carbocycles.